The van der Waals surface area contributed by atoms with Crippen molar-refractivity contribution in [3.8, 4) is 6.07 Å². The van der Waals surface area contributed by atoms with Crippen molar-refractivity contribution in [2.45, 2.75) is 45.1 Å². The smallest absolute Gasteiger partial charge is 0.255 e. The molecule has 1 fully saturated rings. The van der Waals surface area contributed by atoms with Crippen molar-refractivity contribution < 1.29 is 4.79 Å². The molecule has 1 aliphatic heterocycles. The van der Waals surface area contributed by atoms with Crippen molar-refractivity contribution in [2.75, 3.05) is 29.0 Å². The molecule has 4 aromatic rings. The molecule has 1 aliphatic rings. The van der Waals surface area contributed by atoms with Crippen LogP contribution in [-0.2, 0) is 5.41 Å². The minimum Gasteiger partial charge on any atom is -0.351 e. The van der Waals surface area contributed by atoms with Gasteiger partial charge in [0, 0.05) is 23.0 Å². The highest BCUT2D eigenvalue weighted by Gasteiger charge is 2.21. The zero-order chi connectivity index (χ0) is 27.4. The maximum atomic E-state index is 13.0. The van der Waals surface area contributed by atoms with Gasteiger partial charge in [0.2, 0.25) is 5.95 Å². The quantitative estimate of drug-likeness (QED) is 0.273. The fraction of sp³-hybridized carbons (Fsp3) is 0.310. The highest BCUT2D eigenvalue weighted by atomic mass is 16.1. The molecule has 1 amide bonds. The third kappa shape index (κ3) is 5.94. The number of fused-ring (bicyclic) bond motifs is 1. The third-order valence-electron chi connectivity index (χ3n) is 6.92. The van der Waals surface area contributed by atoms with Gasteiger partial charge in [-0.3, -0.25) is 4.79 Å². The summed E-state index contributed by atoms with van der Waals surface area (Å²) in [6.45, 7) is 7.57. The van der Waals surface area contributed by atoms with E-state index >= 15 is 0 Å². The molecule has 10 heteroatoms. The first-order valence-corrected chi connectivity index (χ1v) is 13.0. The van der Waals surface area contributed by atoms with Crippen LogP contribution in [0.25, 0.3) is 11.0 Å². The van der Waals surface area contributed by atoms with Crippen molar-refractivity contribution in [3.05, 3.63) is 71.7 Å². The van der Waals surface area contributed by atoms with E-state index in [2.05, 4.69) is 42.3 Å². The average molecular weight is 522 g/mol. The predicted molar refractivity (Wildman–Crippen MR) is 152 cm³/mol. The normalized spacial score (nSPS) is 14.0. The number of nitriles is 1. The number of aryl methyl sites for hydroxylation is 1. The maximum Gasteiger partial charge on any atom is 0.255 e. The number of piperidine rings is 1. The van der Waals surface area contributed by atoms with E-state index < -0.39 is 5.41 Å². The summed E-state index contributed by atoms with van der Waals surface area (Å²) in [5.74, 6) is 0.842. The third-order valence-corrected chi connectivity index (χ3v) is 6.92. The molecule has 2 aromatic carbocycles. The maximum absolute atomic E-state index is 13.0. The van der Waals surface area contributed by atoms with Gasteiger partial charge in [-0.15, -0.1) is 0 Å². The van der Waals surface area contributed by atoms with E-state index in [-0.39, 0.29) is 5.91 Å². The van der Waals surface area contributed by atoms with Gasteiger partial charge in [-0.05, 0) is 82.1 Å². The lowest BCUT2D eigenvalue weighted by Crippen LogP contribution is -2.35. The lowest BCUT2D eigenvalue weighted by Gasteiger charge is -2.23. The van der Waals surface area contributed by atoms with Gasteiger partial charge in [-0.2, -0.15) is 5.26 Å². The van der Waals surface area contributed by atoms with Crippen LogP contribution in [0.2, 0.25) is 0 Å². The van der Waals surface area contributed by atoms with E-state index in [1.165, 1.54) is 6.33 Å². The highest BCUT2D eigenvalue weighted by molar-refractivity contribution is 6.04. The molecule has 39 heavy (non-hydrogen) atoms. The molecule has 198 valence electrons. The first-order chi connectivity index (χ1) is 18.8. The summed E-state index contributed by atoms with van der Waals surface area (Å²) in [4.78, 5) is 31.0. The molecule has 1 saturated heterocycles. The summed E-state index contributed by atoms with van der Waals surface area (Å²) in [6.07, 6.45) is 5.19. The topological polar surface area (TPSA) is 141 Å². The Morgan fingerprint density at radius 3 is 2.72 bits per heavy atom. The van der Waals surface area contributed by atoms with Gasteiger partial charge in [-0.1, -0.05) is 18.2 Å². The van der Waals surface area contributed by atoms with Crippen molar-refractivity contribution in [1.82, 2.24) is 25.3 Å². The summed E-state index contributed by atoms with van der Waals surface area (Å²) in [6, 6.07) is 15.4. The monoisotopic (exact) mass is 521 g/mol. The van der Waals surface area contributed by atoms with E-state index in [1.54, 1.807) is 24.4 Å². The van der Waals surface area contributed by atoms with E-state index in [0.717, 1.165) is 42.7 Å². The molecule has 10 nitrogen and oxygen atoms in total. The zero-order valence-corrected chi connectivity index (χ0v) is 22.2. The van der Waals surface area contributed by atoms with Crippen LogP contribution in [0.5, 0.6) is 0 Å². The number of amides is 1. The van der Waals surface area contributed by atoms with Gasteiger partial charge in [-0.25, -0.2) is 19.9 Å². The van der Waals surface area contributed by atoms with E-state index in [1.807, 2.05) is 45.0 Å². The molecule has 0 atom stereocenters. The molecule has 0 unspecified atom stereocenters. The Balaban J connectivity index is 1.37. The Morgan fingerprint density at radius 1 is 1.10 bits per heavy atom. The highest BCUT2D eigenvalue weighted by Crippen LogP contribution is 2.28. The number of carbonyl (C=O) groups excluding carboxylic acids is 1. The summed E-state index contributed by atoms with van der Waals surface area (Å²) >= 11 is 0. The number of aromatic nitrogens is 4. The minimum absolute atomic E-state index is 0.255. The van der Waals surface area contributed by atoms with Crippen LogP contribution >= 0.6 is 0 Å². The number of nitrogens with zero attached hydrogens (tertiary/aromatic N) is 5. The second kappa shape index (κ2) is 11.0. The van der Waals surface area contributed by atoms with Crippen molar-refractivity contribution in [3.63, 3.8) is 0 Å². The van der Waals surface area contributed by atoms with Crippen LogP contribution in [0.3, 0.4) is 0 Å². The average Bonchev–Trinajstić information content (AvgIpc) is 2.95. The van der Waals surface area contributed by atoms with Gasteiger partial charge in [0.25, 0.3) is 5.91 Å². The Hall–Kier alpha value is -4.62. The Labute approximate surface area is 227 Å². The molecule has 4 N–H and O–H groups in total. The number of nitrogens with one attached hydrogen (secondary N) is 4. The van der Waals surface area contributed by atoms with E-state index in [0.29, 0.717) is 40.1 Å². The minimum atomic E-state index is -0.690. The van der Waals surface area contributed by atoms with Crippen LogP contribution in [0, 0.1) is 18.3 Å². The van der Waals surface area contributed by atoms with Crippen LogP contribution in [0.15, 0.2) is 55.0 Å². The zero-order valence-electron chi connectivity index (χ0n) is 22.2. The molecule has 0 aliphatic carbocycles. The number of hydrogen-bond acceptors (Lipinski definition) is 9. The molecular weight excluding hydrogens is 490 g/mol. The molecule has 0 saturated carbocycles. The number of anilines is 4. The standard InChI is InChI=1S/C29H31N9O/c1-18-7-8-22(35-27(39)19-5-4-6-20(13-19)29(2,3)16-30)14-23(18)37-26-25-24(33-17-34-26)15-32-28(38-25)36-21-9-11-31-12-10-21/h4-8,13-15,17,21,31H,9-12H2,1-3H3,(H,35,39)(H,32,36,38)(H,33,34,37). The van der Waals surface area contributed by atoms with Crippen LogP contribution in [0.4, 0.5) is 23.1 Å². The first kappa shape index (κ1) is 26.0. The summed E-state index contributed by atoms with van der Waals surface area (Å²) < 4.78 is 0. The van der Waals surface area contributed by atoms with Crippen LogP contribution in [0.1, 0.15) is 48.2 Å². The fourth-order valence-corrected chi connectivity index (χ4v) is 4.44. The van der Waals surface area contributed by atoms with E-state index in [4.69, 9.17) is 4.98 Å². The lowest BCUT2D eigenvalue weighted by atomic mass is 9.85. The number of carbonyl (C=O) groups is 1. The molecule has 0 bridgehead atoms. The molecule has 3 heterocycles. The predicted octanol–water partition coefficient (Wildman–Crippen LogP) is 4.69. The lowest BCUT2D eigenvalue weighted by molar-refractivity contribution is 0.102. The van der Waals surface area contributed by atoms with Crippen LogP contribution < -0.4 is 21.3 Å². The molecule has 2 aromatic heterocycles. The van der Waals surface area contributed by atoms with Gasteiger partial charge >= 0.3 is 0 Å². The SMILES string of the molecule is Cc1ccc(NC(=O)c2cccc(C(C)(C)C#N)c2)cc1Nc1ncnc2cnc(NC3CCNCC3)nc12. The molecule has 0 spiro atoms. The van der Waals surface area contributed by atoms with Gasteiger partial charge in [0.1, 0.15) is 17.4 Å². The van der Waals surface area contributed by atoms with Gasteiger partial charge in [0.05, 0.1) is 17.7 Å². The summed E-state index contributed by atoms with van der Waals surface area (Å²) in [5, 5.41) is 22.6. The van der Waals surface area contributed by atoms with Crippen LogP contribution in [-0.4, -0.2) is 45.0 Å². The molecular formula is C29H31N9O. The van der Waals surface area contributed by atoms with Gasteiger partial charge in [0.15, 0.2) is 5.82 Å². The largest absolute Gasteiger partial charge is 0.351 e. The number of hydrogen-bond donors (Lipinski definition) is 4. The first-order valence-electron chi connectivity index (χ1n) is 13.0. The van der Waals surface area contributed by atoms with Crippen molar-refractivity contribution in [2.24, 2.45) is 0 Å². The Kier molecular flexibility index (Phi) is 7.34. The van der Waals surface area contributed by atoms with Gasteiger partial charge < -0.3 is 21.3 Å². The second-order valence-electron chi connectivity index (χ2n) is 10.2. The summed E-state index contributed by atoms with van der Waals surface area (Å²) in [5.41, 5.74) is 4.19. The molecule has 0 radical (unpaired) electrons. The van der Waals surface area contributed by atoms with E-state index in [9.17, 15) is 10.1 Å². The number of rotatable bonds is 7. The number of benzene rings is 2. The fourth-order valence-electron chi connectivity index (χ4n) is 4.44. The Bertz CT molecular complexity index is 1550. The molecule has 5 rings (SSSR count). The Morgan fingerprint density at radius 2 is 1.92 bits per heavy atom. The second-order valence-corrected chi connectivity index (χ2v) is 10.2. The summed E-state index contributed by atoms with van der Waals surface area (Å²) in [7, 11) is 0. The van der Waals surface area contributed by atoms with Crippen molar-refractivity contribution in [1.29, 1.82) is 5.26 Å². The van der Waals surface area contributed by atoms with Crippen molar-refractivity contribution >= 4 is 40.1 Å².